The summed E-state index contributed by atoms with van der Waals surface area (Å²) in [5.74, 6) is 0.806. The topological polar surface area (TPSA) is 46.2 Å². The van der Waals surface area contributed by atoms with Gasteiger partial charge in [0.25, 0.3) is 0 Å². The smallest absolute Gasteiger partial charge is 0.463 e. The van der Waals surface area contributed by atoms with E-state index in [1.807, 2.05) is 24.3 Å². The first kappa shape index (κ1) is 20.7. The van der Waals surface area contributed by atoms with Crippen molar-refractivity contribution in [1.29, 1.82) is 0 Å². The van der Waals surface area contributed by atoms with Crippen molar-refractivity contribution in [2.75, 3.05) is 7.11 Å². The molecule has 0 spiro atoms. The fraction of sp³-hybridized carbons (Fsp3) is 0.700. The summed E-state index contributed by atoms with van der Waals surface area (Å²) in [6, 6.07) is 7.94. The second-order valence-electron chi connectivity index (χ2n) is 9.55. The molecule has 0 atom stereocenters. The average Bonchev–Trinajstić information content (AvgIpc) is 2.87. The van der Waals surface area contributed by atoms with Crippen LogP contribution < -0.4 is 4.74 Å². The van der Waals surface area contributed by atoms with E-state index in [4.69, 9.17) is 23.4 Å². The maximum Gasteiger partial charge on any atom is 0.463 e. The van der Waals surface area contributed by atoms with Crippen molar-refractivity contribution in [2.24, 2.45) is 0 Å². The fourth-order valence-corrected chi connectivity index (χ4v) is 3.34. The van der Waals surface area contributed by atoms with Gasteiger partial charge < -0.3 is 23.4 Å². The highest BCUT2D eigenvalue weighted by Crippen LogP contribution is 2.46. The van der Waals surface area contributed by atoms with Crippen LogP contribution in [0, 0.1) is 0 Å². The molecule has 2 fully saturated rings. The van der Waals surface area contributed by atoms with Gasteiger partial charge in [0.2, 0.25) is 0 Å². The zero-order chi connectivity index (χ0) is 20.3. The third-order valence-electron chi connectivity index (χ3n) is 6.63. The van der Waals surface area contributed by atoms with Crippen molar-refractivity contribution in [2.45, 2.75) is 83.5 Å². The number of rotatable bonds is 4. The summed E-state index contributed by atoms with van der Waals surface area (Å²) >= 11 is 0. The van der Waals surface area contributed by atoms with E-state index >= 15 is 0 Å². The molecule has 0 aliphatic carbocycles. The lowest BCUT2D eigenvalue weighted by Gasteiger charge is -2.32. The summed E-state index contributed by atoms with van der Waals surface area (Å²) in [4.78, 5) is 0. The van der Waals surface area contributed by atoms with Crippen LogP contribution in [-0.4, -0.2) is 43.8 Å². The fourth-order valence-electron chi connectivity index (χ4n) is 3.34. The first-order valence-electron chi connectivity index (χ1n) is 9.65. The molecule has 5 nitrogen and oxygen atoms in total. The molecule has 2 heterocycles. The Kier molecular flexibility index (Phi) is 5.00. The van der Waals surface area contributed by atoms with Crippen LogP contribution in [0.2, 0.25) is 0 Å². The van der Waals surface area contributed by atoms with Crippen LogP contribution in [0.25, 0.3) is 0 Å². The van der Waals surface area contributed by atoms with Crippen LogP contribution in [-0.2, 0) is 18.6 Å². The summed E-state index contributed by atoms with van der Waals surface area (Å²) in [7, 11) is 0.714. The Bertz CT molecular complexity index is 616. The van der Waals surface area contributed by atoms with Crippen molar-refractivity contribution >= 4 is 14.2 Å². The quantitative estimate of drug-likeness (QED) is 0.745. The Morgan fingerprint density at radius 2 is 1.00 bits per heavy atom. The summed E-state index contributed by atoms with van der Waals surface area (Å²) in [5.41, 5.74) is -0.887. The molecule has 7 heteroatoms. The lowest BCUT2D eigenvalue weighted by atomic mass is 9.49. The van der Waals surface area contributed by atoms with Crippen LogP contribution in [0.1, 0.15) is 66.7 Å². The monoisotopic (exact) mass is 374 g/mol. The highest BCUT2D eigenvalue weighted by molar-refractivity contribution is 6.68. The molecule has 0 saturated carbocycles. The zero-order valence-electron chi connectivity index (χ0n) is 18.1. The number of ether oxygens (including phenoxy) is 1. The van der Waals surface area contributed by atoms with E-state index in [1.165, 1.54) is 0 Å². The van der Waals surface area contributed by atoms with Gasteiger partial charge >= 0.3 is 14.2 Å². The SMILES string of the molecule is COc1ccc(C(B2OC(C)(C)C(C)(C)O2)B2OC(C)(C)C(C)(C)O2)cc1. The lowest BCUT2D eigenvalue weighted by molar-refractivity contribution is 0.00578. The first-order chi connectivity index (χ1) is 12.3. The summed E-state index contributed by atoms with van der Waals surface area (Å²) in [6.45, 7) is 16.5. The molecule has 1 aromatic rings. The molecule has 0 amide bonds. The average molecular weight is 374 g/mol. The second-order valence-corrected chi connectivity index (χ2v) is 9.55. The van der Waals surface area contributed by atoms with Gasteiger partial charge in [0.05, 0.1) is 35.2 Å². The Morgan fingerprint density at radius 3 is 1.30 bits per heavy atom. The van der Waals surface area contributed by atoms with Crippen LogP contribution in [0.4, 0.5) is 0 Å². The van der Waals surface area contributed by atoms with Gasteiger partial charge in [-0.15, -0.1) is 0 Å². The van der Waals surface area contributed by atoms with Crippen molar-refractivity contribution in [3.05, 3.63) is 29.8 Å². The maximum atomic E-state index is 6.37. The molecule has 2 aliphatic heterocycles. The van der Waals surface area contributed by atoms with Crippen molar-refractivity contribution in [3.8, 4) is 5.75 Å². The Labute approximate surface area is 164 Å². The van der Waals surface area contributed by atoms with E-state index < -0.39 is 36.6 Å². The summed E-state index contributed by atoms with van der Waals surface area (Å²) in [5, 5.41) is 0. The van der Waals surface area contributed by atoms with Gasteiger partial charge in [0.15, 0.2) is 0 Å². The molecule has 0 aromatic heterocycles. The number of methoxy groups -OCH3 is 1. The predicted octanol–water partition coefficient (Wildman–Crippen LogP) is 4.04. The van der Waals surface area contributed by atoms with Gasteiger partial charge in [0.1, 0.15) is 5.75 Å². The van der Waals surface area contributed by atoms with Crippen LogP contribution in [0.15, 0.2) is 24.3 Å². The molecular weight excluding hydrogens is 342 g/mol. The highest BCUT2D eigenvalue weighted by Gasteiger charge is 2.62. The van der Waals surface area contributed by atoms with E-state index in [-0.39, 0.29) is 5.72 Å². The van der Waals surface area contributed by atoms with E-state index in [0.717, 1.165) is 11.3 Å². The van der Waals surface area contributed by atoms with Crippen LogP contribution in [0.3, 0.4) is 0 Å². The van der Waals surface area contributed by atoms with Crippen molar-refractivity contribution in [3.63, 3.8) is 0 Å². The standard InChI is InChI=1S/C20H32B2O5/c1-17(2)18(3,4)25-21(24-17)16(14-10-12-15(23-9)13-11-14)22-26-19(5,6)20(7,8)27-22/h10-13,16H,1-9H3. The molecule has 2 saturated heterocycles. The molecule has 0 bridgehead atoms. The molecule has 148 valence electrons. The Hall–Kier alpha value is -1.01. The van der Waals surface area contributed by atoms with Gasteiger partial charge in [-0.1, -0.05) is 12.1 Å². The Morgan fingerprint density at radius 1 is 0.667 bits per heavy atom. The second kappa shape index (κ2) is 6.51. The van der Waals surface area contributed by atoms with Gasteiger partial charge in [-0.05, 0) is 73.1 Å². The number of hydrogen-bond donors (Lipinski definition) is 0. The molecule has 0 N–H and O–H groups in total. The number of hydrogen-bond acceptors (Lipinski definition) is 5. The third kappa shape index (κ3) is 3.55. The van der Waals surface area contributed by atoms with Crippen LogP contribution in [0.5, 0.6) is 5.75 Å². The van der Waals surface area contributed by atoms with E-state index in [1.54, 1.807) is 7.11 Å². The summed E-state index contributed by atoms with van der Waals surface area (Å²) in [6.07, 6.45) is 0. The molecule has 27 heavy (non-hydrogen) atoms. The van der Waals surface area contributed by atoms with E-state index in [2.05, 4.69) is 55.4 Å². The zero-order valence-corrected chi connectivity index (χ0v) is 18.1. The first-order valence-corrected chi connectivity index (χ1v) is 9.65. The minimum Gasteiger partial charge on any atom is -0.497 e. The molecule has 2 aliphatic rings. The molecule has 3 rings (SSSR count). The minimum atomic E-state index is -0.474. The van der Waals surface area contributed by atoms with E-state index in [0.29, 0.717) is 0 Å². The molecule has 1 aromatic carbocycles. The normalized spacial score (nSPS) is 25.3. The van der Waals surface area contributed by atoms with Gasteiger partial charge in [-0.25, -0.2) is 0 Å². The minimum absolute atomic E-state index is 0.224. The highest BCUT2D eigenvalue weighted by atomic mass is 16.7. The number of benzene rings is 1. The van der Waals surface area contributed by atoms with Crippen molar-refractivity contribution < 1.29 is 23.4 Å². The van der Waals surface area contributed by atoms with E-state index in [9.17, 15) is 0 Å². The lowest BCUT2D eigenvalue weighted by Crippen LogP contribution is -2.41. The van der Waals surface area contributed by atoms with Gasteiger partial charge in [-0.3, -0.25) is 0 Å². The van der Waals surface area contributed by atoms with Crippen LogP contribution >= 0.6 is 0 Å². The van der Waals surface area contributed by atoms with Crippen molar-refractivity contribution in [1.82, 2.24) is 0 Å². The van der Waals surface area contributed by atoms with Gasteiger partial charge in [-0.2, -0.15) is 0 Å². The predicted molar refractivity (Wildman–Crippen MR) is 108 cm³/mol. The van der Waals surface area contributed by atoms with Gasteiger partial charge in [0, 0.05) is 0 Å². The largest absolute Gasteiger partial charge is 0.497 e. The Balaban J connectivity index is 1.98. The molecule has 0 radical (unpaired) electrons. The molecular formula is C20H32B2O5. The maximum absolute atomic E-state index is 6.37. The molecule has 0 unspecified atom stereocenters. The third-order valence-corrected chi connectivity index (χ3v) is 6.63. The summed E-state index contributed by atoms with van der Waals surface area (Å²) < 4.78 is 30.8.